The first-order valence-electron chi connectivity index (χ1n) is 8.35. The van der Waals surface area contributed by atoms with E-state index in [1.165, 1.54) is 5.56 Å². The standard InChI is InChI=1S/C18H25NO3/c20-18(13-17-7-4-11-22-17)19(16-9-12-21-14-16)10-8-15-5-2-1-3-6-15/h1-3,5-6,16-17H,4,7-14H2/t16-,17-/m0/s1. The number of rotatable bonds is 6. The monoisotopic (exact) mass is 303 g/mol. The summed E-state index contributed by atoms with van der Waals surface area (Å²) in [4.78, 5) is 14.7. The average Bonchev–Trinajstić information content (AvgIpc) is 3.22. The number of amides is 1. The van der Waals surface area contributed by atoms with E-state index in [0.717, 1.165) is 45.4 Å². The lowest BCUT2D eigenvalue weighted by molar-refractivity contribution is -0.135. The highest BCUT2D eigenvalue weighted by molar-refractivity contribution is 5.77. The van der Waals surface area contributed by atoms with Crippen molar-refractivity contribution in [3.63, 3.8) is 0 Å². The summed E-state index contributed by atoms with van der Waals surface area (Å²) < 4.78 is 11.1. The molecule has 120 valence electrons. The Morgan fingerprint density at radius 2 is 2.05 bits per heavy atom. The molecule has 1 aromatic carbocycles. The zero-order chi connectivity index (χ0) is 15.2. The fourth-order valence-electron chi connectivity index (χ4n) is 3.29. The van der Waals surface area contributed by atoms with E-state index in [4.69, 9.17) is 9.47 Å². The van der Waals surface area contributed by atoms with Gasteiger partial charge in [0.15, 0.2) is 0 Å². The van der Waals surface area contributed by atoms with E-state index in [2.05, 4.69) is 12.1 Å². The van der Waals surface area contributed by atoms with Crippen LogP contribution in [0.2, 0.25) is 0 Å². The van der Waals surface area contributed by atoms with Crippen LogP contribution < -0.4 is 0 Å². The van der Waals surface area contributed by atoms with E-state index in [1.54, 1.807) is 0 Å². The van der Waals surface area contributed by atoms with Gasteiger partial charge in [0.05, 0.1) is 25.2 Å². The number of ether oxygens (including phenoxy) is 2. The van der Waals surface area contributed by atoms with Gasteiger partial charge in [0, 0.05) is 19.8 Å². The van der Waals surface area contributed by atoms with Gasteiger partial charge in [-0.2, -0.15) is 0 Å². The summed E-state index contributed by atoms with van der Waals surface area (Å²) in [5, 5.41) is 0. The van der Waals surface area contributed by atoms with Crippen LogP contribution in [-0.2, 0) is 20.7 Å². The van der Waals surface area contributed by atoms with Crippen molar-refractivity contribution in [3.8, 4) is 0 Å². The maximum absolute atomic E-state index is 12.7. The van der Waals surface area contributed by atoms with Crippen molar-refractivity contribution in [1.82, 2.24) is 4.90 Å². The van der Waals surface area contributed by atoms with Crippen LogP contribution in [0, 0.1) is 0 Å². The van der Waals surface area contributed by atoms with Crippen LogP contribution in [0.15, 0.2) is 30.3 Å². The molecule has 1 amide bonds. The molecule has 2 atom stereocenters. The average molecular weight is 303 g/mol. The van der Waals surface area contributed by atoms with E-state index in [9.17, 15) is 4.79 Å². The molecule has 0 unspecified atom stereocenters. The maximum atomic E-state index is 12.7. The van der Waals surface area contributed by atoms with E-state index in [1.807, 2.05) is 23.1 Å². The minimum atomic E-state index is 0.119. The molecule has 0 spiro atoms. The minimum Gasteiger partial charge on any atom is -0.379 e. The Kier molecular flexibility index (Phi) is 5.46. The molecule has 4 nitrogen and oxygen atoms in total. The normalized spacial score (nSPS) is 24.5. The molecule has 0 saturated carbocycles. The summed E-state index contributed by atoms with van der Waals surface area (Å²) in [5.74, 6) is 0.221. The van der Waals surface area contributed by atoms with Crippen LogP contribution in [0.4, 0.5) is 0 Å². The van der Waals surface area contributed by atoms with Gasteiger partial charge in [0.25, 0.3) is 0 Å². The van der Waals surface area contributed by atoms with E-state index in [-0.39, 0.29) is 18.1 Å². The van der Waals surface area contributed by atoms with Crippen molar-refractivity contribution in [2.24, 2.45) is 0 Å². The lowest BCUT2D eigenvalue weighted by Gasteiger charge is -2.29. The van der Waals surface area contributed by atoms with Gasteiger partial charge in [0.2, 0.25) is 5.91 Å². The van der Waals surface area contributed by atoms with Gasteiger partial charge in [-0.05, 0) is 31.2 Å². The highest BCUT2D eigenvalue weighted by Gasteiger charge is 2.29. The Hall–Kier alpha value is -1.39. The number of nitrogens with zero attached hydrogens (tertiary/aromatic N) is 1. The predicted molar refractivity (Wildman–Crippen MR) is 84.7 cm³/mol. The maximum Gasteiger partial charge on any atom is 0.225 e. The summed E-state index contributed by atoms with van der Waals surface area (Å²) in [6, 6.07) is 10.6. The zero-order valence-corrected chi connectivity index (χ0v) is 13.1. The van der Waals surface area contributed by atoms with Crippen LogP contribution in [0.25, 0.3) is 0 Å². The molecule has 0 N–H and O–H groups in total. The molecule has 0 radical (unpaired) electrons. The molecule has 2 heterocycles. The fourth-order valence-corrected chi connectivity index (χ4v) is 3.29. The van der Waals surface area contributed by atoms with Crippen LogP contribution in [0.3, 0.4) is 0 Å². The lowest BCUT2D eigenvalue weighted by Crippen LogP contribution is -2.43. The third-order valence-corrected chi connectivity index (χ3v) is 4.58. The number of hydrogen-bond acceptors (Lipinski definition) is 3. The van der Waals surface area contributed by atoms with Gasteiger partial charge in [-0.3, -0.25) is 4.79 Å². The number of carbonyl (C=O) groups is 1. The van der Waals surface area contributed by atoms with Gasteiger partial charge in [-0.1, -0.05) is 30.3 Å². The Bertz CT molecular complexity index is 464. The van der Waals surface area contributed by atoms with Crippen molar-refractivity contribution < 1.29 is 14.3 Å². The summed E-state index contributed by atoms with van der Waals surface area (Å²) in [5.41, 5.74) is 1.27. The largest absolute Gasteiger partial charge is 0.379 e. The Balaban J connectivity index is 1.59. The highest BCUT2D eigenvalue weighted by atomic mass is 16.5. The van der Waals surface area contributed by atoms with Gasteiger partial charge in [-0.25, -0.2) is 0 Å². The number of benzene rings is 1. The van der Waals surface area contributed by atoms with Crippen LogP contribution in [-0.4, -0.2) is 49.3 Å². The molecule has 0 aliphatic carbocycles. The second-order valence-electron chi connectivity index (χ2n) is 6.18. The van der Waals surface area contributed by atoms with E-state index < -0.39 is 0 Å². The van der Waals surface area contributed by atoms with Gasteiger partial charge >= 0.3 is 0 Å². The third-order valence-electron chi connectivity index (χ3n) is 4.58. The zero-order valence-electron chi connectivity index (χ0n) is 13.1. The molecule has 0 bridgehead atoms. The number of carbonyl (C=O) groups excluding carboxylic acids is 1. The quantitative estimate of drug-likeness (QED) is 0.810. The van der Waals surface area contributed by atoms with Gasteiger partial charge < -0.3 is 14.4 Å². The van der Waals surface area contributed by atoms with Gasteiger partial charge in [-0.15, -0.1) is 0 Å². The minimum absolute atomic E-state index is 0.119. The van der Waals surface area contributed by atoms with E-state index in [0.29, 0.717) is 13.0 Å². The summed E-state index contributed by atoms with van der Waals surface area (Å²) in [6.45, 7) is 3.00. The highest BCUT2D eigenvalue weighted by Crippen LogP contribution is 2.20. The molecular weight excluding hydrogens is 278 g/mol. The number of hydrogen-bond donors (Lipinski definition) is 0. The lowest BCUT2D eigenvalue weighted by atomic mass is 10.1. The smallest absolute Gasteiger partial charge is 0.225 e. The van der Waals surface area contributed by atoms with Crippen molar-refractivity contribution >= 4 is 5.91 Å². The Morgan fingerprint density at radius 1 is 1.18 bits per heavy atom. The molecule has 4 heteroatoms. The molecule has 2 saturated heterocycles. The molecule has 2 fully saturated rings. The topological polar surface area (TPSA) is 38.8 Å². The molecule has 22 heavy (non-hydrogen) atoms. The van der Waals surface area contributed by atoms with Crippen LogP contribution in [0.1, 0.15) is 31.2 Å². The first kappa shape index (κ1) is 15.5. The van der Waals surface area contributed by atoms with Crippen molar-refractivity contribution in [2.45, 2.75) is 44.2 Å². The van der Waals surface area contributed by atoms with Crippen molar-refractivity contribution in [1.29, 1.82) is 0 Å². The van der Waals surface area contributed by atoms with Crippen molar-refractivity contribution in [2.75, 3.05) is 26.4 Å². The van der Waals surface area contributed by atoms with Gasteiger partial charge in [0.1, 0.15) is 0 Å². The Labute approximate surface area is 132 Å². The predicted octanol–water partition coefficient (Wildman–Crippen LogP) is 2.42. The second kappa shape index (κ2) is 7.75. The molecular formula is C18H25NO3. The molecule has 2 aliphatic heterocycles. The van der Waals surface area contributed by atoms with E-state index >= 15 is 0 Å². The molecule has 0 aromatic heterocycles. The SMILES string of the molecule is O=C(C[C@@H]1CCCO1)N(CCc1ccccc1)[C@H]1CCOC1. The Morgan fingerprint density at radius 3 is 2.73 bits per heavy atom. The fraction of sp³-hybridized carbons (Fsp3) is 0.611. The summed E-state index contributed by atoms with van der Waals surface area (Å²) in [6.07, 6.45) is 4.58. The molecule has 3 rings (SSSR count). The molecule has 1 aromatic rings. The van der Waals surface area contributed by atoms with Crippen LogP contribution >= 0.6 is 0 Å². The second-order valence-corrected chi connectivity index (χ2v) is 6.18. The van der Waals surface area contributed by atoms with Crippen molar-refractivity contribution in [3.05, 3.63) is 35.9 Å². The third kappa shape index (κ3) is 4.08. The molecule has 2 aliphatic rings. The first-order valence-corrected chi connectivity index (χ1v) is 8.35. The first-order chi connectivity index (χ1) is 10.8. The summed E-state index contributed by atoms with van der Waals surface area (Å²) in [7, 11) is 0. The van der Waals surface area contributed by atoms with Crippen LogP contribution in [0.5, 0.6) is 0 Å². The summed E-state index contributed by atoms with van der Waals surface area (Å²) >= 11 is 0.